The van der Waals surface area contributed by atoms with Crippen molar-refractivity contribution in [2.75, 3.05) is 0 Å². The summed E-state index contributed by atoms with van der Waals surface area (Å²) in [4.78, 5) is 11.2. The summed E-state index contributed by atoms with van der Waals surface area (Å²) < 4.78 is 0. The van der Waals surface area contributed by atoms with E-state index in [1.54, 1.807) is 0 Å². The van der Waals surface area contributed by atoms with Crippen LogP contribution in [0.5, 0.6) is 0 Å². The second kappa shape index (κ2) is 5.99. The van der Waals surface area contributed by atoms with Gasteiger partial charge in [-0.15, -0.1) is 0 Å². The molecule has 0 fully saturated rings. The molecule has 0 radical (unpaired) electrons. The topological polar surface area (TPSA) is 17.1 Å². The molecule has 0 heterocycles. The third-order valence-electron chi connectivity index (χ3n) is 2.28. The van der Waals surface area contributed by atoms with Gasteiger partial charge >= 0.3 is 0 Å². The van der Waals surface area contributed by atoms with Gasteiger partial charge in [-0.1, -0.05) is 32.4 Å². The van der Waals surface area contributed by atoms with E-state index in [9.17, 15) is 4.79 Å². The van der Waals surface area contributed by atoms with Gasteiger partial charge in [-0.2, -0.15) is 0 Å². The number of rotatable bonds is 5. The smallest absolute Gasteiger partial charge is 0.135 e. The van der Waals surface area contributed by atoms with Crippen LogP contribution in [-0.2, 0) is 4.79 Å². The third kappa shape index (κ3) is 4.32. The van der Waals surface area contributed by atoms with Gasteiger partial charge in [0, 0.05) is 12.3 Å². The fraction of sp³-hybridized carbons (Fsp3) is 0.727. The van der Waals surface area contributed by atoms with E-state index in [0.717, 1.165) is 12.8 Å². The predicted molar refractivity (Wildman–Crippen MR) is 53.1 cm³/mol. The summed E-state index contributed by atoms with van der Waals surface area (Å²) in [5.74, 6) is 0.576. The van der Waals surface area contributed by atoms with Gasteiger partial charge in [0.2, 0.25) is 0 Å². The normalized spacial score (nSPS) is 14.5. The van der Waals surface area contributed by atoms with Crippen LogP contribution in [0.3, 0.4) is 0 Å². The van der Waals surface area contributed by atoms with Crippen LogP contribution in [0.25, 0.3) is 0 Å². The minimum Gasteiger partial charge on any atom is -0.299 e. The maximum absolute atomic E-state index is 11.2. The van der Waals surface area contributed by atoms with Gasteiger partial charge in [-0.3, -0.25) is 4.79 Å². The van der Waals surface area contributed by atoms with E-state index in [0.29, 0.717) is 12.2 Å². The highest BCUT2D eigenvalue weighted by Gasteiger charge is 2.07. The molecule has 0 saturated carbocycles. The van der Waals surface area contributed by atoms with Crippen molar-refractivity contribution in [3.8, 4) is 0 Å². The average molecular weight is 168 g/mol. The summed E-state index contributed by atoms with van der Waals surface area (Å²) in [6, 6.07) is 0. The number of hydrogen-bond acceptors (Lipinski definition) is 1. The van der Waals surface area contributed by atoms with Crippen LogP contribution >= 0.6 is 0 Å². The molecule has 70 valence electrons. The molecule has 0 spiro atoms. The Labute approximate surface area is 75.9 Å². The monoisotopic (exact) mass is 168 g/mol. The van der Waals surface area contributed by atoms with E-state index >= 15 is 0 Å². The van der Waals surface area contributed by atoms with E-state index in [2.05, 4.69) is 19.9 Å². The summed E-state index contributed by atoms with van der Waals surface area (Å²) in [7, 11) is 0. The molecule has 0 aromatic rings. The first-order valence-corrected chi connectivity index (χ1v) is 4.80. The number of Topliss-reactive ketones (excluding diaryl/α,β-unsaturated/α-hetero) is 1. The summed E-state index contributed by atoms with van der Waals surface area (Å²) in [5, 5.41) is 0. The van der Waals surface area contributed by atoms with Crippen LogP contribution in [-0.4, -0.2) is 5.78 Å². The van der Waals surface area contributed by atoms with Gasteiger partial charge in [-0.25, -0.2) is 0 Å². The van der Waals surface area contributed by atoms with Crippen molar-refractivity contribution in [1.29, 1.82) is 0 Å². The van der Waals surface area contributed by atoms with E-state index in [4.69, 9.17) is 0 Å². The number of hydrogen-bond donors (Lipinski definition) is 0. The first-order valence-electron chi connectivity index (χ1n) is 4.80. The maximum atomic E-state index is 11.2. The molecule has 0 bridgehead atoms. The van der Waals surface area contributed by atoms with E-state index in [1.165, 1.54) is 5.57 Å². The van der Waals surface area contributed by atoms with Crippen molar-refractivity contribution in [2.24, 2.45) is 5.92 Å². The Morgan fingerprint density at radius 2 is 1.92 bits per heavy atom. The lowest BCUT2D eigenvalue weighted by Crippen LogP contribution is -2.08. The van der Waals surface area contributed by atoms with Crippen molar-refractivity contribution in [2.45, 2.75) is 47.0 Å². The van der Waals surface area contributed by atoms with E-state index in [-0.39, 0.29) is 5.92 Å². The standard InChI is InChI=1S/C11H20O/c1-5-9(3)7-8-10(4)11(12)6-2/h7,10H,5-6,8H2,1-4H3/b9-7+. The van der Waals surface area contributed by atoms with Crippen molar-refractivity contribution in [3.63, 3.8) is 0 Å². The molecule has 0 aromatic heterocycles. The first-order chi connectivity index (χ1) is 5.61. The van der Waals surface area contributed by atoms with Crippen molar-refractivity contribution < 1.29 is 4.79 Å². The Bertz CT molecular complexity index is 168. The lowest BCUT2D eigenvalue weighted by Gasteiger charge is -2.05. The Hall–Kier alpha value is -0.590. The van der Waals surface area contributed by atoms with Crippen LogP contribution < -0.4 is 0 Å². The molecule has 0 aliphatic rings. The minimum atomic E-state index is 0.205. The fourth-order valence-corrected chi connectivity index (χ4v) is 1.00. The average Bonchev–Trinajstić information content (AvgIpc) is 2.11. The van der Waals surface area contributed by atoms with Crippen LogP contribution in [0.2, 0.25) is 0 Å². The molecule has 1 heteroatoms. The van der Waals surface area contributed by atoms with Crippen molar-refractivity contribution >= 4 is 5.78 Å². The molecule has 1 atom stereocenters. The first kappa shape index (κ1) is 11.4. The molecule has 0 N–H and O–H groups in total. The second-order valence-corrected chi connectivity index (χ2v) is 3.36. The van der Waals surface area contributed by atoms with Gasteiger partial charge in [0.15, 0.2) is 0 Å². The highest BCUT2D eigenvalue weighted by molar-refractivity contribution is 5.80. The van der Waals surface area contributed by atoms with Crippen LogP contribution in [0.4, 0.5) is 0 Å². The third-order valence-corrected chi connectivity index (χ3v) is 2.28. The van der Waals surface area contributed by atoms with Crippen molar-refractivity contribution in [1.82, 2.24) is 0 Å². The molecule has 0 aliphatic heterocycles. The number of ketones is 1. The zero-order valence-electron chi connectivity index (χ0n) is 8.68. The molecular formula is C11H20O. The molecule has 1 nitrogen and oxygen atoms in total. The predicted octanol–water partition coefficient (Wildman–Crippen LogP) is 3.35. The Morgan fingerprint density at radius 1 is 1.33 bits per heavy atom. The van der Waals surface area contributed by atoms with E-state index in [1.807, 2.05) is 13.8 Å². The number of allylic oxidation sites excluding steroid dienone is 2. The van der Waals surface area contributed by atoms with Gasteiger partial charge in [0.1, 0.15) is 5.78 Å². The quantitative estimate of drug-likeness (QED) is 0.575. The van der Waals surface area contributed by atoms with Gasteiger partial charge in [-0.05, 0) is 19.8 Å². The largest absolute Gasteiger partial charge is 0.299 e. The highest BCUT2D eigenvalue weighted by Crippen LogP contribution is 2.09. The molecule has 0 aliphatic carbocycles. The molecule has 0 amide bonds. The zero-order valence-corrected chi connectivity index (χ0v) is 8.68. The van der Waals surface area contributed by atoms with Crippen LogP contribution in [0.1, 0.15) is 47.0 Å². The van der Waals surface area contributed by atoms with Crippen LogP contribution in [0.15, 0.2) is 11.6 Å². The summed E-state index contributed by atoms with van der Waals surface area (Å²) in [6.45, 7) is 8.18. The second-order valence-electron chi connectivity index (χ2n) is 3.36. The van der Waals surface area contributed by atoms with Crippen LogP contribution in [0, 0.1) is 5.92 Å². The molecule has 0 rings (SSSR count). The van der Waals surface area contributed by atoms with Gasteiger partial charge in [0.25, 0.3) is 0 Å². The lowest BCUT2D eigenvalue weighted by atomic mass is 9.99. The van der Waals surface area contributed by atoms with Gasteiger partial charge < -0.3 is 0 Å². The van der Waals surface area contributed by atoms with Crippen molar-refractivity contribution in [3.05, 3.63) is 11.6 Å². The lowest BCUT2D eigenvalue weighted by molar-refractivity contribution is -0.121. The Balaban J connectivity index is 3.85. The molecule has 0 saturated heterocycles. The Morgan fingerprint density at radius 3 is 2.33 bits per heavy atom. The zero-order chi connectivity index (χ0) is 9.56. The highest BCUT2D eigenvalue weighted by atomic mass is 16.1. The summed E-state index contributed by atoms with van der Waals surface area (Å²) in [6.07, 6.45) is 4.85. The fourth-order valence-electron chi connectivity index (χ4n) is 1.00. The number of carbonyl (C=O) groups is 1. The molecular weight excluding hydrogens is 148 g/mol. The molecule has 12 heavy (non-hydrogen) atoms. The van der Waals surface area contributed by atoms with Gasteiger partial charge in [0.05, 0.1) is 0 Å². The Kier molecular flexibility index (Phi) is 5.69. The minimum absolute atomic E-state index is 0.205. The molecule has 1 unspecified atom stereocenters. The van der Waals surface area contributed by atoms with E-state index < -0.39 is 0 Å². The SMILES string of the molecule is CCC(=O)C(C)C/C=C(\C)CC. The molecule has 0 aromatic carbocycles. The maximum Gasteiger partial charge on any atom is 0.135 e. The number of carbonyl (C=O) groups excluding carboxylic acids is 1. The summed E-state index contributed by atoms with van der Waals surface area (Å²) >= 11 is 0. The summed E-state index contributed by atoms with van der Waals surface area (Å²) in [5.41, 5.74) is 1.38.